The average molecular weight is 404 g/mol. The fourth-order valence-electron chi connectivity index (χ4n) is 2.68. The molecule has 0 saturated heterocycles. The number of carbonyl (C=O) groups is 2. The molecule has 2 aromatic carbocycles. The maximum absolute atomic E-state index is 12.5. The minimum atomic E-state index is -3.37. The summed E-state index contributed by atoms with van der Waals surface area (Å²) in [5.41, 5.74) is 2.56. The first-order valence-electron chi connectivity index (χ1n) is 8.93. The van der Waals surface area contributed by atoms with E-state index in [0.717, 1.165) is 5.56 Å². The summed E-state index contributed by atoms with van der Waals surface area (Å²) in [7, 11) is -3.37. The lowest BCUT2D eigenvalue weighted by Gasteiger charge is -2.18. The average Bonchev–Trinajstić information content (AvgIpc) is 2.64. The van der Waals surface area contributed by atoms with E-state index >= 15 is 0 Å². The third-order valence-electron chi connectivity index (χ3n) is 4.12. The Balaban J connectivity index is 2.08. The van der Waals surface area contributed by atoms with Gasteiger partial charge in [-0.3, -0.25) is 14.3 Å². The highest BCUT2D eigenvalue weighted by atomic mass is 32.2. The Morgan fingerprint density at radius 1 is 1.07 bits per heavy atom. The quantitative estimate of drug-likeness (QED) is 0.630. The van der Waals surface area contributed by atoms with Gasteiger partial charge >= 0.3 is 0 Å². The van der Waals surface area contributed by atoms with Crippen LogP contribution in [-0.4, -0.2) is 26.0 Å². The third kappa shape index (κ3) is 6.38. The van der Waals surface area contributed by atoms with Gasteiger partial charge in [0.15, 0.2) is 0 Å². The third-order valence-corrected chi connectivity index (χ3v) is 5.42. The number of hydrogen-bond donors (Lipinski definition) is 3. The number of carbonyl (C=O) groups excluding carboxylic acids is 2. The molecule has 0 saturated carbocycles. The Morgan fingerprint density at radius 3 is 2.32 bits per heavy atom. The van der Waals surface area contributed by atoms with Gasteiger partial charge in [0, 0.05) is 12.6 Å². The zero-order chi connectivity index (χ0) is 20.7. The molecule has 1 unspecified atom stereocenters. The highest BCUT2D eigenvalue weighted by Crippen LogP contribution is 2.22. The molecular weight excluding hydrogens is 378 g/mol. The highest BCUT2D eigenvalue weighted by Gasteiger charge is 2.17. The zero-order valence-electron chi connectivity index (χ0n) is 16.2. The number of anilines is 2. The molecule has 8 heteroatoms. The smallest absolute Gasteiger partial charge is 0.232 e. The summed E-state index contributed by atoms with van der Waals surface area (Å²) in [6.45, 7) is 4.73. The summed E-state index contributed by atoms with van der Waals surface area (Å²) in [5.74, 6) is -0.497. The van der Waals surface area contributed by atoms with E-state index in [1.165, 1.54) is 6.92 Å². The molecule has 2 amide bonds. The van der Waals surface area contributed by atoms with Crippen molar-refractivity contribution in [3.63, 3.8) is 0 Å². The van der Waals surface area contributed by atoms with Gasteiger partial charge in [0.2, 0.25) is 21.8 Å². The highest BCUT2D eigenvalue weighted by molar-refractivity contribution is 7.92. The number of aryl methyl sites for hydroxylation is 1. The van der Waals surface area contributed by atoms with Gasteiger partial charge in [-0.15, -0.1) is 0 Å². The summed E-state index contributed by atoms with van der Waals surface area (Å²) >= 11 is 0. The Morgan fingerprint density at radius 2 is 1.75 bits per heavy atom. The number of amides is 2. The van der Waals surface area contributed by atoms with Gasteiger partial charge in [-0.2, -0.15) is 0 Å². The molecule has 2 aromatic rings. The van der Waals surface area contributed by atoms with E-state index < -0.39 is 16.1 Å². The second kappa shape index (κ2) is 9.36. The molecule has 0 radical (unpaired) electrons. The summed E-state index contributed by atoms with van der Waals surface area (Å²) in [5, 5.41) is 5.58. The first kappa shape index (κ1) is 21.4. The van der Waals surface area contributed by atoms with Crippen molar-refractivity contribution in [2.45, 2.75) is 33.2 Å². The van der Waals surface area contributed by atoms with Crippen LogP contribution >= 0.6 is 0 Å². The van der Waals surface area contributed by atoms with E-state index in [9.17, 15) is 18.0 Å². The summed E-state index contributed by atoms with van der Waals surface area (Å²) in [6, 6.07) is 13.8. The molecule has 7 nitrogen and oxygen atoms in total. The fourth-order valence-corrected chi connectivity index (χ4v) is 3.38. The van der Waals surface area contributed by atoms with E-state index in [0.29, 0.717) is 16.9 Å². The molecule has 0 aliphatic carbocycles. The molecule has 1 atom stereocenters. The largest absolute Gasteiger partial charge is 0.349 e. The summed E-state index contributed by atoms with van der Waals surface area (Å²) < 4.78 is 25.9. The number of sulfonamides is 1. The molecule has 0 fully saturated rings. The van der Waals surface area contributed by atoms with Crippen molar-refractivity contribution in [2.24, 2.45) is 0 Å². The van der Waals surface area contributed by atoms with Gasteiger partial charge in [-0.05, 0) is 43.2 Å². The molecule has 0 aliphatic rings. The normalized spacial score (nSPS) is 12.1. The minimum absolute atomic E-state index is 0.0189. The summed E-state index contributed by atoms with van der Waals surface area (Å²) in [6.07, 6.45) is 0.0762. The molecule has 0 bridgehead atoms. The lowest BCUT2D eigenvalue weighted by Crippen LogP contribution is -2.29. The number of benzene rings is 2. The zero-order valence-corrected chi connectivity index (χ0v) is 17.0. The van der Waals surface area contributed by atoms with E-state index in [1.807, 2.05) is 30.3 Å². The van der Waals surface area contributed by atoms with Crippen LogP contribution < -0.4 is 15.4 Å². The van der Waals surface area contributed by atoms with E-state index in [1.54, 1.807) is 32.0 Å². The van der Waals surface area contributed by atoms with Crippen molar-refractivity contribution >= 4 is 33.2 Å². The van der Waals surface area contributed by atoms with Gasteiger partial charge in [0.1, 0.15) is 0 Å². The summed E-state index contributed by atoms with van der Waals surface area (Å²) in [4.78, 5) is 24.0. The van der Waals surface area contributed by atoms with Crippen molar-refractivity contribution in [3.8, 4) is 0 Å². The van der Waals surface area contributed by atoms with Gasteiger partial charge < -0.3 is 10.6 Å². The van der Waals surface area contributed by atoms with Crippen molar-refractivity contribution in [3.05, 3.63) is 59.7 Å². The topological polar surface area (TPSA) is 104 Å². The van der Waals surface area contributed by atoms with E-state index in [4.69, 9.17) is 0 Å². The first-order valence-corrected chi connectivity index (χ1v) is 10.6. The van der Waals surface area contributed by atoms with Crippen LogP contribution in [0.25, 0.3) is 0 Å². The standard InChI is InChI=1S/C20H25N3O4S/c1-4-28(26,27)23-18-11-10-17(12-14(18)2)22-20(25)13-19(21-15(3)24)16-8-6-5-7-9-16/h5-12,19,23H,4,13H2,1-3H3,(H,21,24)(H,22,25). The number of rotatable bonds is 8. The lowest BCUT2D eigenvalue weighted by molar-refractivity contribution is -0.120. The molecule has 150 valence electrons. The molecule has 2 rings (SSSR count). The van der Waals surface area contributed by atoms with Crippen molar-refractivity contribution in [1.29, 1.82) is 0 Å². The van der Waals surface area contributed by atoms with Gasteiger partial charge in [0.05, 0.1) is 23.9 Å². The molecule has 28 heavy (non-hydrogen) atoms. The Hall–Kier alpha value is -2.87. The predicted octanol–water partition coefficient (Wildman–Crippen LogP) is 2.96. The fraction of sp³-hybridized carbons (Fsp3) is 0.300. The second-order valence-electron chi connectivity index (χ2n) is 6.45. The van der Waals surface area contributed by atoms with Crippen LogP contribution in [0.2, 0.25) is 0 Å². The van der Waals surface area contributed by atoms with E-state index in [2.05, 4.69) is 15.4 Å². The van der Waals surface area contributed by atoms with Crippen LogP contribution in [0.5, 0.6) is 0 Å². The van der Waals surface area contributed by atoms with Gasteiger partial charge in [-0.1, -0.05) is 30.3 Å². The van der Waals surface area contributed by atoms with Crippen LogP contribution in [0, 0.1) is 6.92 Å². The molecule has 0 aromatic heterocycles. The first-order chi connectivity index (χ1) is 13.2. The Labute approximate surface area is 165 Å². The minimum Gasteiger partial charge on any atom is -0.349 e. The van der Waals surface area contributed by atoms with Crippen molar-refractivity contribution in [2.75, 3.05) is 15.8 Å². The maximum atomic E-state index is 12.5. The second-order valence-corrected chi connectivity index (χ2v) is 8.46. The van der Waals surface area contributed by atoms with Crippen LogP contribution in [0.3, 0.4) is 0 Å². The monoisotopic (exact) mass is 403 g/mol. The predicted molar refractivity (Wildman–Crippen MR) is 111 cm³/mol. The molecule has 0 heterocycles. The Kier molecular flexibility index (Phi) is 7.17. The van der Waals surface area contributed by atoms with Gasteiger partial charge in [-0.25, -0.2) is 8.42 Å². The van der Waals surface area contributed by atoms with Crippen molar-refractivity contribution < 1.29 is 18.0 Å². The maximum Gasteiger partial charge on any atom is 0.232 e. The lowest BCUT2D eigenvalue weighted by atomic mass is 10.0. The number of hydrogen-bond acceptors (Lipinski definition) is 4. The van der Waals surface area contributed by atoms with Crippen LogP contribution in [0.15, 0.2) is 48.5 Å². The molecule has 0 spiro atoms. The van der Waals surface area contributed by atoms with Crippen LogP contribution in [-0.2, 0) is 19.6 Å². The molecule has 3 N–H and O–H groups in total. The van der Waals surface area contributed by atoms with Crippen LogP contribution in [0.4, 0.5) is 11.4 Å². The van der Waals surface area contributed by atoms with Crippen LogP contribution in [0.1, 0.15) is 37.4 Å². The van der Waals surface area contributed by atoms with Gasteiger partial charge in [0.25, 0.3) is 0 Å². The van der Waals surface area contributed by atoms with E-state index in [-0.39, 0.29) is 24.0 Å². The SMILES string of the molecule is CCS(=O)(=O)Nc1ccc(NC(=O)CC(NC(C)=O)c2ccccc2)cc1C. The molecular formula is C20H25N3O4S. The van der Waals surface area contributed by atoms with Crippen molar-refractivity contribution in [1.82, 2.24) is 5.32 Å². The Bertz CT molecular complexity index is 943. The molecule has 0 aliphatic heterocycles. The number of nitrogens with one attached hydrogen (secondary N) is 3.